The lowest BCUT2D eigenvalue weighted by Gasteiger charge is -2.32. The molecule has 2 heterocycles. The van der Waals surface area contributed by atoms with Gasteiger partial charge in [0.05, 0.1) is 0 Å². The number of aromatic nitrogens is 1. The van der Waals surface area contributed by atoms with Crippen LogP contribution in [0.4, 0.5) is 5.82 Å². The van der Waals surface area contributed by atoms with E-state index in [-0.39, 0.29) is 5.91 Å². The van der Waals surface area contributed by atoms with Crippen LogP contribution < -0.4 is 10.2 Å². The van der Waals surface area contributed by atoms with Crippen molar-refractivity contribution in [3.63, 3.8) is 0 Å². The first-order chi connectivity index (χ1) is 9.10. The van der Waals surface area contributed by atoms with Gasteiger partial charge in [-0.3, -0.25) is 4.79 Å². The van der Waals surface area contributed by atoms with Crippen LogP contribution in [0, 0.1) is 12.8 Å². The number of rotatable bonds is 3. The van der Waals surface area contributed by atoms with Crippen LogP contribution in [0.1, 0.15) is 24.8 Å². The molecule has 0 unspecified atom stereocenters. The van der Waals surface area contributed by atoms with E-state index in [1.165, 1.54) is 5.56 Å². The predicted octanol–water partition coefficient (Wildman–Crippen LogP) is 2.51. The van der Waals surface area contributed by atoms with Crippen molar-refractivity contribution in [2.45, 2.75) is 26.2 Å². The number of hydrogen-bond acceptors (Lipinski definition) is 3. The number of pyridine rings is 1. The molecule has 1 saturated heterocycles. The number of anilines is 1. The smallest absolute Gasteiger partial charge is 0.220 e. The Morgan fingerprint density at radius 1 is 1.53 bits per heavy atom. The molecule has 1 fully saturated rings. The van der Waals surface area contributed by atoms with E-state index in [1.54, 1.807) is 7.05 Å². The van der Waals surface area contributed by atoms with Crippen LogP contribution in [-0.4, -0.2) is 31.0 Å². The Morgan fingerprint density at radius 3 is 2.79 bits per heavy atom. The number of halogens is 1. The van der Waals surface area contributed by atoms with Crippen molar-refractivity contribution in [3.05, 3.63) is 22.3 Å². The van der Waals surface area contributed by atoms with Crippen LogP contribution in [0.25, 0.3) is 0 Å². The Morgan fingerprint density at radius 2 is 2.21 bits per heavy atom. The van der Waals surface area contributed by atoms with E-state index in [0.717, 1.165) is 36.2 Å². The third-order valence-corrected chi connectivity index (χ3v) is 4.55. The molecule has 1 amide bonds. The fourth-order valence-corrected chi connectivity index (χ4v) is 2.64. The van der Waals surface area contributed by atoms with Gasteiger partial charge in [0.25, 0.3) is 0 Å². The van der Waals surface area contributed by atoms with E-state index in [9.17, 15) is 4.79 Å². The predicted molar refractivity (Wildman–Crippen MR) is 80.3 cm³/mol. The van der Waals surface area contributed by atoms with E-state index < -0.39 is 0 Å². The van der Waals surface area contributed by atoms with Gasteiger partial charge < -0.3 is 10.2 Å². The highest BCUT2D eigenvalue weighted by molar-refractivity contribution is 9.10. The molecular weight excluding hydrogens is 306 g/mol. The molecule has 0 spiro atoms. The molecule has 104 valence electrons. The minimum Gasteiger partial charge on any atom is -0.359 e. The number of amides is 1. The van der Waals surface area contributed by atoms with Crippen molar-refractivity contribution in [1.82, 2.24) is 10.3 Å². The van der Waals surface area contributed by atoms with E-state index in [0.29, 0.717) is 12.3 Å². The van der Waals surface area contributed by atoms with Crippen molar-refractivity contribution < 1.29 is 4.79 Å². The highest BCUT2D eigenvalue weighted by Crippen LogP contribution is 2.26. The van der Waals surface area contributed by atoms with Crippen LogP contribution >= 0.6 is 15.9 Å². The molecule has 0 bridgehead atoms. The topological polar surface area (TPSA) is 45.2 Å². The van der Waals surface area contributed by atoms with Crippen LogP contribution in [0.2, 0.25) is 0 Å². The molecule has 0 saturated carbocycles. The normalized spacial score (nSPS) is 16.5. The summed E-state index contributed by atoms with van der Waals surface area (Å²) in [4.78, 5) is 18.1. The maximum Gasteiger partial charge on any atom is 0.220 e. The van der Waals surface area contributed by atoms with Crippen molar-refractivity contribution >= 4 is 27.7 Å². The lowest BCUT2D eigenvalue weighted by molar-refractivity contribution is -0.121. The third kappa shape index (κ3) is 3.69. The average molecular weight is 326 g/mol. The average Bonchev–Trinajstić information content (AvgIpc) is 2.42. The second-order valence-corrected chi connectivity index (χ2v) is 5.95. The van der Waals surface area contributed by atoms with Gasteiger partial charge in [0, 0.05) is 37.2 Å². The fourth-order valence-electron chi connectivity index (χ4n) is 2.43. The molecule has 0 radical (unpaired) electrons. The number of carbonyl (C=O) groups is 1. The van der Waals surface area contributed by atoms with Gasteiger partial charge in [0.2, 0.25) is 5.91 Å². The Labute approximate surface area is 122 Å². The minimum absolute atomic E-state index is 0.149. The molecule has 0 aromatic carbocycles. The summed E-state index contributed by atoms with van der Waals surface area (Å²) in [6.07, 6.45) is 4.63. The molecule has 4 nitrogen and oxygen atoms in total. The minimum atomic E-state index is 0.149. The molecule has 2 rings (SSSR count). The zero-order valence-electron chi connectivity index (χ0n) is 11.4. The van der Waals surface area contributed by atoms with Gasteiger partial charge >= 0.3 is 0 Å². The highest BCUT2D eigenvalue weighted by Gasteiger charge is 2.22. The molecule has 1 aliphatic heterocycles. The molecule has 1 aliphatic rings. The molecular formula is C14H20BrN3O. The van der Waals surface area contributed by atoms with Crippen molar-refractivity contribution in [2.75, 3.05) is 25.0 Å². The standard InChI is InChI=1S/C14H20BrN3O/c1-10-7-13(17-9-12(10)15)18-5-3-11(4-6-18)8-14(19)16-2/h7,9,11H,3-6,8H2,1-2H3,(H,16,19). The quantitative estimate of drug-likeness (QED) is 0.928. The SMILES string of the molecule is CNC(=O)CC1CCN(c2cc(C)c(Br)cn2)CC1. The molecule has 1 N–H and O–H groups in total. The summed E-state index contributed by atoms with van der Waals surface area (Å²) in [6.45, 7) is 4.04. The number of nitrogens with one attached hydrogen (secondary N) is 1. The van der Waals surface area contributed by atoms with Gasteiger partial charge in [0.15, 0.2) is 0 Å². The monoisotopic (exact) mass is 325 g/mol. The number of piperidine rings is 1. The molecule has 1 aromatic heterocycles. The van der Waals surface area contributed by atoms with Gasteiger partial charge in [-0.1, -0.05) is 0 Å². The van der Waals surface area contributed by atoms with E-state index >= 15 is 0 Å². The summed E-state index contributed by atoms with van der Waals surface area (Å²) >= 11 is 3.47. The summed E-state index contributed by atoms with van der Waals surface area (Å²) in [5, 5.41) is 2.70. The summed E-state index contributed by atoms with van der Waals surface area (Å²) in [5.41, 5.74) is 1.21. The zero-order valence-corrected chi connectivity index (χ0v) is 13.0. The number of carbonyl (C=O) groups excluding carboxylic acids is 1. The Bertz CT molecular complexity index is 456. The Kier molecular flexibility index (Phi) is 4.80. The van der Waals surface area contributed by atoms with Crippen molar-refractivity contribution in [1.29, 1.82) is 0 Å². The van der Waals surface area contributed by atoms with Crippen LogP contribution in [0.5, 0.6) is 0 Å². The Hall–Kier alpha value is -1.10. The van der Waals surface area contributed by atoms with Crippen molar-refractivity contribution in [3.8, 4) is 0 Å². The molecule has 0 atom stereocenters. The lowest BCUT2D eigenvalue weighted by atomic mass is 9.93. The Balaban J connectivity index is 1.92. The highest BCUT2D eigenvalue weighted by atomic mass is 79.9. The van der Waals surface area contributed by atoms with Crippen LogP contribution in [0.3, 0.4) is 0 Å². The number of aryl methyl sites for hydroxylation is 1. The van der Waals surface area contributed by atoms with Gasteiger partial charge in [0.1, 0.15) is 5.82 Å². The second kappa shape index (κ2) is 6.37. The number of nitrogens with zero attached hydrogens (tertiary/aromatic N) is 2. The first kappa shape index (κ1) is 14.3. The van der Waals surface area contributed by atoms with Crippen LogP contribution in [0.15, 0.2) is 16.7 Å². The van der Waals surface area contributed by atoms with E-state index in [1.807, 2.05) is 6.20 Å². The zero-order chi connectivity index (χ0) is 13.8. The first-order valence-electron chi connectivity index (χ1n) is 6.68. The fraction of sp³-hybridized carbons (Fsp3) is 0.571. The molecule has 0 aliphatic carbocycles. The van der Waals surface area contributed by atoms with Gasteiger partial charge in [-0.15, -0.1) is 0 Å². The molecule has 19 heavy (non-hydrogen) atoms. The summed E-state index contributed by atoms with van der Waals surface area (Å²) in [5.74, 6) is 1.70. The van der Waals surface area contributed by atoms with Crippen LogP contribution in [-0.2, 0) is 4.79 Å². The lowest BCUT2D eigenvalue weighted by Crippen LogP contribution is -2.36. The third-order valence-electron chi connectivity index (χ3n) is 3.72. The summed E-state index contributed by atoms with van der Waals surface area (Å²) in [7, 11) is 1.70. The second-order valence-electron chi connectivity index (χ2n) is 5.10. The van der Waals surface area contributed by atoms with Gasteiger partial charge in [-0.25, -0.2) is 4.98 Å². The first-order valence-corrected chi connectivity index (χ1v) is 7.47. The van der Waals surface area contributed by atoms with E-state index in [2.05, 4.69) is 44.1 Å². The summed E-state index contributed by atoms with van der Waals surface area (Å²) in [6, 6.07) is 2.11. The molecule has 1 aromatic rings. The summed E-state index contributed by atoms with van der Waals surface area (Å²) < 4.78 is 1.05. The van der Waals surface area contributed by atoms with Gasteiger partial charge in [-0.05, 0) is 53.2 Å². The van der Waals surface area contributed by atoms with E-state index in [4.69, 9.17) is 0 Å². The maximum absolute atomic E-state index is 11.4. The molecule has 5 heteroatoms. The number of hydrogen-bond donors (Lipinski definition) is 1. The maximum atomic E-state index is 11.4. The van der Waals surface area contributed by atoms with Gasteiger partial charge in [-0.2, -0.15) is 0 Å². The van der Waals surface area contributed by atoms with Crippen molar-refractivity contribution in [2.24, 2.45) is 5.92 Å². The largest absolute Gasteiger partial charge is 0.359 e.